The first kappa shape index (κ1) is 21.9. The molecule has 0 aliphatic heterocycles. The smallest absolute Gasteiger partial charge is 0.266 e. The lowest BCUT2D eigenvalue weighted by Crippen LogP contribution is -2.23. The van der Waals surface area contributed by atoms with Gasteiger partial charge in [-0.05, 0) is 48.9 Å². The zero-order valence-electron chi connectivity index (χ0n) is 17.8. The number of hydrogen-bond donors (Lipinski definition) is 1. The van der Waals surface area contributed by atoms with Gasteiger partial charge >= 0.3 is 0 Å². The number of hydrogen-bond acceptors (Lipinski definition) is 6. The number of nitrogens with zero attached hydrogens (tertiary/aromatic N) is 2. The summed E-state index contributed by atoms with van der Waals surface area (Å²) in [6, 6.07) is 15.8. The number of anilines is 1. The molecule has 3 rings (SSSR count). The van der Waals surface area contributed by atoms with Gasteiger partial charge in [0.2, 0.25) is 5.91 Å². The Morgan fingerprint density at radius 2 is 1.65 bits per heavy atom. The van der Waals surface area contributed by atoms with Gasteiger partial charge < -0.3 is 19.5 Å². The van der Waals surface area contributed by atoms with E-state index in [0.717, 1.165) is 11.3 Å². The summed E-state index contributed by atoms with van der Waals surface area (Å²) in [7, 11) is 4.69. The molecular weight excluding hydrogens is 398 g/mol. The van der Waals surface area contributed by atoms with Crippen molar-refractivity contribution in [3.63, 3.8) is 0 Å². The fourth-order valence-corrected chi connectivity index (χ4v) is 3.03. The molecule has 0 fully saturated rings. The van der Waals surface area contributed by atoms with Crippen LogP contribution in [0.5, 0.6) is 17.2 Å². The molecule has 0 radical (unpaired) electrons. The Bertz CT molecular complexity index is 1090. The van der Waals surface area contributed by atoms with Crippen LogP contribution in [0.3, 0.4) is 0 Å². The highest BCUT2D eigenvalue weighted by Crippen LogP contribution is 2.29. The molecule has 3 aromatic rings. The third kappa shape index (κ3) is 5.63. The summed E-state index contributed by atoms with van der Waals surface area (Å²) in [5.74, 6) is 1.72. The molecule has 0 saturated carbocycles. The third-order valence-electron chi connectivity index (χ3n) is 4.71. The SMILES string of the molecule is COc1ccc(-c2ccc(=O)n(CCCC(=O)Nc3ccc(OC)cc3OC)n2)cc1. The molecule has 162 valence electrons. The van der Waals surface area contributed by atoms with Crippen molar-refractivity contribution in [1.82, 2.24) is 9.78 Å². The maximum atomic E-state index is 12.3. The van der Waals surface area contributed by atoms with E-state index in [-0.39, 0.29) is 17.9 Å². The lowest BCUT2D eigenvalue weighted by molar-refractivity contribution is -0.116. The maximum absolute atomic E-state index is 12.3. The number of aromatic nitrogens is 2. The van der Waals surface area contributed by atoms with Gasteiger partial charge in [0.1, 0.15) is 17.2 Å². The van der Waals surface area contributed by atoms with Gasteiger partial charge in [-0.2, -0.15) is 5.10 Å². The van der Waals surface area contributed by atoms with E-state index in [9.17, 15) is 9.59 Å². The van der Waals surface area contributed by atoms with Gasteiger partial charge in [0, 0.05) is 30.7 Å². The van der Waals surface area contributed by atoms with Crippen LogP contribution in [0.25, 0.3) is 11.3 Å². The van der Waals surface area contributed by atoms with E-state index in [0.29, 0.717) is 35.8 Å². The molecule has 1 aromatic heterocycles. The molecule has 0 aliphatic rings. The van der Waals surface area contributed by atoms with Crippen LogP contribution >= 0.6 is 0 Å². The number of aryl methyl sites for hydroxylation is 1. The van der Waals surface area contributed by atoms with Crippen LogP contribution in [0.2, 0.25) is 0 Å². The summed E-state index contributed by atoms with van der Waals surface area (Å²) in [4.78, 5) is 24.5. The van der Waals surface area contributed by atoms with E-state index in [2.05, 4.69) is 10.4 Å². The van der Waals surface area contributed by atoms with Crippen LogP contribution in [0, 0.1) is 0 Å². The Morgan fingerprint density at radius 3 is 2.32 bits per heavy atom. The molecule has 0 atom stereocenters. The Morgan fingerprint density at radius 1 is 0.935 bits per heavy atom. The molecule has 0 bridgehead atoms. The van der Waals surface area contributed by atoms with Gasteiger partial charge in [-0.25, -0.2) is 4.68 Å². The lowest BCUT2D eigenvalue weighted by atomic mass is 10.1. The highest BCUT2D eigenvalue weighted by atomic mass is 16.5. The van der Waals surface area contributed by atoms with E-state index in [1.807, 2.05) is 24.3 Å². The Balaban J connectivity index is 1.61. The number of methoxy groups -OCH3 is 3. The molecule has 8 nitrogen and oxygen atoms in total. The second-order valence-electron chi connectivity index (χ2n) is 6.73. The summed E-state index contributed by atoms with van der Waals surface area (Å²) in [5, 5.41) is 7.25. The van der Waals surface area contributed by atoms with Gasteiger partial charge in [0.15, 0.2) is 0 Å². The summed E-state index contributed by atoms with van der Waals surface area (Å²) < 4.78 is 17.0. The van der Waals surface area contributed by atoms with Crippen molar-refractivity contribution in [2.75, 3.05) is 26.6 Å². The molecule has 1 heterocycles. The number of nitrogens with one attached hydrogen (secondary N) is 1. The van der Waals surface area contributed by atoms with E-state index < -0.39 is 0 Å². The third-order valence-corrected chi connectivity index (χ3v) is 4.71. The second kappa shape index (κ2) is 10.3. The highest BCUT2D eigenvalue weighted by Gasteiger charge is 2.10. The van der Waals surface area contributed by atoms with Gasteiger partial charge in [-0.1, -0.05) is 0 Å². The monoisotopic (exact) mass is 423 g/mol. The van der Waals surface area contributed by atoms with Crippen LogP contribution < -0.4 is 25.1 Å². The minimum atomic E-state index is -0.213. The standard InChI is InChI=1S/C23H25N3O5/c1-29-17-8-6-16(7-9-17)19-12-13-23(28)26(25-19)14-4-5-22(27)24-20-11-10-18(30-2)15-21(20)31-3/h6-13,15H,4-5,14H2,1-3H3,(H,24,27). The number of rotatable bonds is 9. The molecule has 1 N–H and O–H groups in total. The highest BCUT2D eigenvalue weighted by molar-refractivity contribution is 5.92. The molecule has 1 amide bonds. The minimum Gasteiger partial charge on any atom is -0.497 e. The maximum Gasteiger partial charge on any atom is 0.266 e. The predicted octanol–water partition coefficient (Wildman–Crippen LogP) is 3.36. The zero-order valence-corrected chi connectivity index (χ0v) is 17.8. The molecule has 0 spiro atoms. The first-order valence-electron chi connectivity index (χ1n) is 9.78. The molecule has 8 heteroatoms. The predicted molar refractivity (Wildman–Crippen MR) is 118 cm³/mol. The van der Waals surface area contributed by atoms with E-state index in [1.165, 1.54) is 17.9 Å². The zero-order chi connectivity index (χ0) is 22.2. The van der Waals surface area contributed by atoms with Crippen molar-refractivity contribution in [3.8, 4) is 28.5 Å². The Kier molecular flexibility index (Phi) is 7.26. The molecule has 0 aliphatic carbocycles. The van der Waals surface area contributed by atoms with E-state index in [4.69, 9.17) is 14.2 Å². The van der Waals surface area contributed by atoms with Crippen LogP contribution in [0.4, 0.5) is 5.69 Å². The van der Waals surface area contributed by atoms with Crippen molar-refractivity contribution in [2.45, 2.75) is 19.4 Å². The van der Waals surface area contributed by atoms with E-state index in [1.54, 1.807) is 38.5 Å². The average Bonchev–Trinajstić information content (AvgIpc) is 2.80. The summed E-state index contributed by atoms with van der Waals surface area (Å²) in [6.07, 6.45) is 0.694. The van der Waals surface area contributed by atoms with Crippen LogP contribution in [0.1, 0.15) is 12.8 Å². The Hall–Kier alpha value is -3.81. The summed E-state index contributed by atoms with van der Waals surface area (Å²) >= 11 is 0. The van der Waals surface area contributed by atoms with Gasteiger partial charge in [-0.3, -0.25) is 9.59 Å². The lowest BCUT2D eigenvalue weighted by Gasteiger charge is -2.12. The van der Waals surface area contributed by atoms with Crippen molar-refractivity contribution in [2.24, 2.45) is 0 Å². The molecule has 0 saturated heterocycles. The molecule has 31 heavy (non-hydrogen) atoms. The van der Waals surface area contributed by atoms with Gasteiger partial charge in [0.25, 0.3) is 5.56 Å². The van der Waals surface area contributed by atoms with Crippen molar-refractivity contribution < 1.29 is 19.0 Å². The fraction of sp³-hybridized carbons (Fsp3) is 0.261. The normalized spacial score (nSPS) is 10.4. The number of amides is 1. The number of ether oxygens (including phenoxy) is 3. The fourth-order valence-electron chi connectivity index (χ4n) is 3.03. The van der Waals surface area contributed by atoms with Crippen LogP contribution in [-0.2, 0) is 11.3 Å². The van der Waals surface area contributed by atoms with Crippen LogP contribution in [0.15, 0.2) is 59.4 Å². The first-order valence-corrected chi connectivity index (χ1v) is 9.78. The van der Waals surface area contributed by atoms with Crippen LogP contribution in [-0.4, -0.2) is 37.0 Å². The van der Waals surface area contributed by atoms with Crippen molar-refractivity contribution in [3.05, 3.63) is 65.0 Å². The average molecular weight is 423 g/mol. The summed E-state index contributed by atoms with van der Waals surface area (Å²) in [5.41, 5.74) is 1.90. The number of carbonyl (C=O) groups is 1. The van der Waals surface area contributed by atoms with E-state index >= 15 is 0 Å². The first-order chi connectivity index (χ1) is 15.0. The number of benzene rings is 2. The van der Waals surface area contributed by atoms with Gasteiger partial charge in [0.05, 0.1) is 32.7 Å². The summed E-state index contributed by atoms with van der Waals surface area (Å²) in [6.45, 7) is 0.329. The molecule has 2 aromatic carbocycles. The van der Waals surface area contributed by atoms with Crippen molar-refractivity contribution in [1.29, 1.82) is 0 Å². The topological polar surface area (TPSA) is 91.7 Å². The molecular formula is C23H25N3O5. The van der Waals surface area contributed by atoms with Crippen molar-refractivity contribution >= 4 is 11.6 Å². The largest absolute Gasteiger partial charge is 0.497 e. The quantitative estimate of drug-likeness (QED) is 0.568. The van der Waals surface area contributed by atoms with Gasteiger partial charge in [-0.15, -0.1) is 0 Å². The minimum absolute atomic E-state index is 0.178. The second-order valence-corrected chi connectivity index (χ2v) is 6.73. The Labute approximate surface area is 180 Å². The number of carbonyl (C=O) groups excluding carboxylic acids is 1. The molecule has 0 unspecified atom stereocenters.